The van der Waals surface area contributed by atoms with Gasteiger partial charge in [0.2, 0.25) is 0 Å². The number of aromatic nitrogens is 2. The van der Waals surface area contributed by atoms with Gasteiger partial charge in [-0.05, 0) is 51.2 Å². The predicted octanol–water partition coefficient (Wildman–Crippen LogP) is 3.35. The van der Waals surface area contributed by atoms with Crippen LogP contribution in [0.5, 0.6) is 5.75 Å². The maximum atomic E-state index is 12.1. The number of amides is 1. The third-order valence-corrected chi connectivity index (χ3v) is 6.41. The van der Waals surface area contributed by atoms with Gasteiger partial charge in [-0.25, -0.2) is 9.97 Å². The summed E-state index contributed by atoms with van der Waals surface area (Å²) in [5.41, 5.74) is 8.41. The standard InChI is InChI=1S/C26H30BN3O4/c1-17-23(32-16-19-9-7-6-8-10-19)22(24(28)31)30-21(29-17)15-18-11-13-20(14-12-18)27-33-25(2,3)26(4,5)34-27/h6-14H,15-16H2,1-5H3,(H2,28,31). The molecule has 176 valence electrons. The molecule has 0 spiro atoms. The van der Waals surface area contributed by atoms with Gasteiger partial charge in [0.1, 0.15) is 12.4 Å². The molecule has 8 heteroatoms. The Morgan fingerprint density at radius 3 is 2.15 bits per heavy atom. The number of nitrogens with two attached hydrogens (primary N) is 1. The van der Waals surface area contributed by atoms with Gasteiger partial charge in [-0.3, -0.25) is 4.79 Å². The molecule has 2 N–H and O–H groups in total. The summed E-state index contributed by atoms with van der Waals surface area (Å²) < 4.78 is 18.1. The SMILES string of the molecule is Cc1nc(Cc2ccc(B3OC(C)(C)C(C)(C)O3)cc2)nc(C(N)=O)c1OCc1ccccc1. The second-order valence-electron chi connectivity index (χ2n) is 9.55. The number of carbonyl (C=O) groups excluding carboxylic acids is 1. The number of primary amides is 1. The van der Waals surface area contributed by atoms with Crippen molar-refractivity contribution in [1.82, 2.24) is 9.97 Å². The molecular weight excluding hydrogens is 429 g/mol. The smallest absolute Gasteiger partial charge is 0.485 e. The number of hydrogen-bond acceptors (Lipinski definition) is 6. The first-order chi connectivity index (χ1) is 16.1. The van der Waals surface area contributed by atoms with Crippen molar-refractivity contribution < 1.29 is 18.8 Å². The maximum absolute atomic E-state index is 12.1. The topological polar surface area (TPSA) is 96.6 Å². The Morgan fingerprint density at radius 2 is 1.56 bits per heavy atom. The maximum Gasteiger partial charge on any atom is 0.494 e. The fourth-order valence-electron chi connectivity index (χ4n) is 3.72. The van der Waals surface area contributed by atoms with Crippen molar-refractivity contribution in [1.29, 1.82) is 0 Å². The van der Waals surface area contributed by atoms with E-state index in [9.17, 15) is 4.79 Å². The molecule has 0 radical (unpaired) electrons. The van der Waals surface area contributed by atoms with Crippen LogP contribution in [0.3, 0.4) is 0 Å². The number of hydrogen-bond donors (Lipinski definition) is 1. The fourth-order valence-corrected chi connectivity index (χ4v) is 3.72. The molecule has 0 saturated carbocycles. The number of nitrogens with zero attached hydrogens (tertiary/aromatic N) is 2. The molecule has 1 aliphatic heterocycles. The normalized spacial score (nSPS) is 16.4. The van der Waals surface area contributed by atoms with Crippen molar-refractivity contribution in [3.8, 4) is 5.75 Å². The number of rotatable bonds is 7. The Hall–Kier alpha value is -3.23. The quantitative estimate of drug-likeness (QED) is 0.545. The molecule has 1 aliphatic rings. The van der Waals surface area contributed by atoms with Gasteiger partial charge >= 0.3 is 7.12 Å². The van der Waals surface area contributed by atoms with Crippen LogP contribution in [0, 0.1) is 6.92 Å². The van der Waals surface area contributed by atoms with Crippen molar-refractivity contribution in [2.24, 2.45) is 5.73 Å². The third kappa shape index (κ3) is 4.98. The minimum atomic E-state index is -0.647. The highest BCUT2D eigenvalue weighted by Gasteiger charge is 2.51. The summed E-state index contributed by atoms with van der Waals surface area (Å²) in [5.74, 6) is 0.170. The van der Waals surface area contributed by atoms with Gasteiger partial charge < -0.3 is 19.8 Å². The molecule has 4 rings (SSSR count). The second kappa shape index (κ2) is 9.20. The number of ether oxygens (including phenoxy) is 1. The van der Waals surface area contributed by atoms with Crippen LogP contribution in [0.1, 0.15) is 60.8 Å². The predicted molar refractivity (Wildman–Crippen MR) is 131 cm³/mol. The Kier molecular flexibility index (Phi) is 6.47. The highest BCUT2D eigenvalue weighted by atomic mass is 16.7. The lowest BCUT2D eigenvalue weighted by Gasteiger charge is -2.32. The van der Waals surface area contributed by atoms with Crippen LogP contribution in [0.4, 0.5) is 0 Å². The molecule has 1 saturated heterocycles. The summed E-state index contributed by atoms with van der Waals surface area (Å²) in [6, 6.07) is 17.6. The summed E-state index contributed by atoms with van der Waals surface area (Å²) in [4.78, 5) is 21.1. The zero-order chi connectivity index (χ0) is 24.5. The minimum absolute atomic E-state index is 0.0901. The van der Waals surface area contributed by atoms with Crippen molar-refractivity contribution in [3.63, 3.8) is 0 Å². The van der Waals surface area contributed by atoms with E-state index >= 15 is 0 Å². The minimum Gasteiger partial charge on any atom is -0.485 e. The fraction of sp³-hybridized carbons (Fsp3) is 0.346. The van der Waals surface area contributed by atoms with Crippen LogP contribution in [0.15, 0.2) is 54.6 Å². The van der Waals surface area contributed by atoms with E-state index in [0.717, 1.165) is 16.6 Å². The van der Waals surface area contributed by atoms with E-state index < -0.39 is 24.2 Å². The lowest BCUT2D eigenvalue weighted by atomic mass is 9.79. The van der Waals surface area contributed by atoms with Crippen molar-refractivity contribution in [2.75, 3.05) is 0 Å². The highest BCUT2D eigenvalue weighted by molar-refractivity contribution is 6.62. The van der Waals surface area contributed by atoms with Crippen LogP contribution < -0.4 is 15.9 Å². The molecule has 0 aliphatic carbocycles. The lowest BCUT2D eigenvalue weighted by Crippen LogP contribution is -2.41. The van der Waals surface area contributed by atoms with Gasteiger partial charge in [-0.1, -0.05) is 54.6 Å². The molecule has 1 amide bonds. The van der Waals surface area contributed by atoms with E-state index in [1.807, 2.05) is 82.3 Å². The lowest BCUT2D eigenvalue weighted by molar-refractivity contribution is 0.00578. The first-order valence-corrected chi connectivity index (χ1v) is 11.3. The van der Waals surface area contributed by atoms with Gasteiger partial charge in [0.05, 0.1) is 16.9 Å². The zero-order valence-corrected chi connectivity index (χ0v) is 20.3. The largest absolute Gasteiger partial charge is 0.494 e. The first-order valence-electron chi connectivity index (χ1n) is 11.3. The van der Waals surface area contributed by atoms with Gasteiger partial charge in [0.25, 0.3) is 5.91 Å². The Bertz CT molecular complexity index is 1160. The van der Waals surface area contributed by atoms with E-state index in [-0.39, 0.29) is 5.69 Å². The highest BCUT2D eigenvalue weighted by Crippen LogP contribution is 2.36. The number of benzene rings is 2. The number of aryl methyl sites for hydroxylation is 1. The van der Waals surface area contributed by atoms with Crippen LogP contribution in [-0.4, -0.2) is 34.2 Å². The molecule has 2 aromatic carbocycles. The van der Waals surface area contributed by atoms with Crippen molar-refractivity contribution in [2.45, 2.75) is 58.8 Å². The number of carbonyl (C=O) groups is 1. The summed E-state index contributed by atoms with van der Waals surface area (Å²) in [6.07, 6.45) is 0.448. The molecule has 7 nitrogen and oxygen atoms in total. The van der Waals surface area contributed by atoms with E-state index in [1.165, 1.54) is 0 Å². The van der Waals surface area contributed by atoms with Gasteiger partial charge in [0, 0.05) is 6.42 Å². The molecule has 34 heavy (non-hydrogen) atoms. The summed E-state index contributed by atoms with van der Waals surface area (Å²) >= 11 is 0. The molecule has 2 heterocycles. The van der Waals surface area contributed by atoms with E-state index in [4.69, 9.17) is 19.8 Å². The molecule has 0 atom stereocenters. The summed E-state index contributed by atoms with van der Waals surface area (Å²) in [6.45, 7) is 10.2. The van der Waals surface area contributed by atoms with E-state index in [1.54, 1.807) is 6.92 Å². The van der Waals surface area contributed by atoms with E-state index in [0.29, 0.717) is 30.3 Å². The van der Waals surface area contributed by atoms with Gasteiger partial charge in [-0.15, -0.1) is 0 Å². The molecule has 1 fully saturated rings. The monoisotopic (exact) mass is 459 g/mol. The average Bonchev–Trinajstić information content (AvgIpc) is 3.00. The molecule has 0 unspecified atom stereocenters. The molecular formula is C26H30BN3O4. The van der Waals surface area contributed by atoms with Gasteiger partial charge in [-0.2, -0.15) is 0 Å². The first kappa shape index (κ1) is 23.9. The summed E-state index contributed by atoms with van der Waals surface area (Å²) in [7, 11) is -0.417. The Morgan fingerprint density at radius 1 is 0.941 bits per heavy atom. The van der Waals surface area contributed by atoms with Gasteiger partial charge in [0.15, 0.2) is 11.4 Å². The Balaban J connectivity index is 1.50. The zero-order valence-electron chi connectivity index (χ0n) is 20.3. The summed E-state index contributed by atoms with van der Waals surface area (Å²) in [5, 5.41) is 0. The average molecular weight is 459 g/mol. The Labute approximate surface area is 200 Å². The molecule has 3 aromatic rings. The van der Waals surface area contributed by atoms with Crippen LogP contribution >= 0.6 is 0 Å². The third-order valence-electron chi connectivity index (χ3n) is 6.41. The van der Waals surface area contributed by atoms with Crippen LogP contribution in [0.25, 0.3) is 0 Å². The van der Waals surface area contributed by atoms with Crippen molar-refractivity contribution in [3.05, 3.63) is 82.9 Å². The van der Waals surface area contributed by atoms with Crippen molar-refractivity contribution >= 4 is 18.5 Å². The van der Waals surface area contributed by atoms with Crippen LogP contribution in [-0.2, 0) is 22.3 Å². The van der Waals surface area contributed by atoms with Crippen LogP contribution in [0.2, 0.25) is 0 Å². The molecule has 1 aromatic heterocycles. The molecule has 0 bridgehead atoms. The van der Waals surface area contributed by atoms with E-state index in [2.05, 4.69) is 9.97 Å². The second-order valence-corrected chi connectivity index (χ2v) is 9.55.